The van der Waals surface area contributed by atoms with E-state index in [0.717, 1.165) is 5.56 Å². The van der Waals surface area contributed by atoms with Crippen molar-refractivity contribution in [3.8, 4) is 0 Å². The number of nitrogens with one attached hydrogen (secondary N) is 1. The fourth-order valence-electron chi connectivity index (χ4n) is 1.88. The maximum atomic E-state index is 12.1. The Morgan fingerprint density at radius 2 is 2.10 bits per heavy atom. The van der Waals surface area contributed by atoms with Gasteiger partial charge in [-0.25, -0.2) is 4.79 Å². The number of hydrogen-bond donors (Lipinski definition) is 1. The molecule has 4 nitrogen and oxygen atoms in total. The van der Waals surface area contributed by atoms with E-state index in [1.54, 1.807) is 12.1 Å². The number of aryl methyl sites for hydroxylation is 1. The average molecular weight is 316 g/mol. The van der Waals surface area contributed by atoms with Crippen molar-refractivity contribution in [3.05, 3.63) is 29.3 Å². The molecule has 1 amide bonds. The molecule has 1 aromatic carbocycles. The maximum absolute atomic E-state index is 12.1. The van der Waals surface area contributed by atoms with Crippen LogP contribution in [0.3, 0.4) is 0 Å². The maximum Gasteiger partial charge on any atom is 0.340 e. The molecule has 1 fully saturated rings. The van der Waals surface area contributed by atoms with Gasteiger partial charge >= 0.3 is 5.97 Å². The SMILES string of the molecule is CC(=O)Nc1c(C)cccc1C(=O)OCC1CC1(Cl)Cl. The van der Waals surface area contributed by atoms with E-state index in [1.807, 2.05) is 13.0 Å². The van der Waals surface area contributed by atoms with E-state index < -0.39 is 10.3 Å². The number of carbonyl (C=O) groups is 2. The fraction of sp³-hybridized carbons (Fsp3) is 0.429. The monoisotopic (exact) mass is 315 g/mol. The van der Waals surface area contributed by atoms with Crippen LogP contribution in [0.1, 0.15) is 29.3 Å². The summed E-state index contributed by atoms with van der Waals surface area (Å²) in [6.07, 6.45) is 0.621. The molecule has 1 unspecified atom stereocenters. The highest BCUT2D eigenvalue weighted by Crippen LogP contribution is 2.53. The highest BCUT2D eigenvalue weighted by atomic mass is 35.5. The molecule has 1 saturated carbocycles. The predicted octanol–water partition coefficient (Wildman–Crippen LogP) is 3.30. The van der Waals surface area contributed by atoms with Crippen molar-refractivity contribution in [2.45, 2.75) is 24.6 Å². The van der Waals surface area contributed by atoms with Gasteiger partial charge < -0.3 is 10.1 Å². The quantitative estimate of drug-likeness (QED) is 0.685. The molecule has 1 atom stereocenters. The minimum absolute atomic E-state index is 0.0243. The lowest BCUT2D eigenvalue weighted by atomic mass is 10.1. The van der Waals surface area contributed by atoms with Gasteiger partial charge in [0.05, 0.1) is 17.9 Å². The van der Waals surface area contributed by atoms with E-state index in [2.05, 4.69) is 5.32 Å². The molecule has 20 heavy (non-hydrogen) atoms. The number of benzene rings is 1. The number of anilines is 1. The van der Waals surface area contributed by atoms with Crippen LogP contribution in [0.5, 0.6) is 0 Å². The zero-order valence-electron chi connectivity index (χ0n) is 11.2. The first kappa shape index (κ1) is 15.1. The first-order valence-electron chi connectivity index (χ1n) is 6.23. The summed E-state index contributed by atoms with van der Waals surface area (Å²) in [6.45, 7) is 3.38. The zero-order valence-corrected chi connectivity index (χ0v) is 12.7. The Morgan fingerprint density at radius 3 is 2.65 bits per heavy atom. The molecule has 1 aliphatic carbocycles. The van der Waals surface area contributed by atoms with Crippen molar-refractivity contribution >= 4 is 40.8 Å². The zero-order chi connectivity index (χ0) is 14.9. The van der Waals surface area contributed by atoms with Gasteiger partial charge in [0, 0.05) is 12.8 Å². The van der Waals surface area contributed by atoms with Crippen molar-refractivity contribution in [2.24, 2.45) is 5.92 Å². The highest BCUT2D eigenvalue weighted by molar-refractivity contribution is 6.50. The molecule has 1 aromatic rings. The average Bonchev–Trinajstić information content (AvgIpc) is 2.96. The number of ether oxygens (including phenoxy) is 1. The Hall–Kier alpha value is -1.26. The number of halogens is 2. The normalized spacial score (nSPS) is 19.3. The Morgan fingerprint density at radius 1 is 1.45 bits per heavy atom. The Kier molecular flexibility index (Phi) is 4.25. The van der Waals surface area contributed by atoms with Crippen molar-refractivity contribution in [3.63, 3.8) is 0 Å². The van der Waals surface area contributed by atoms with Gasteiger partial charge in [-0.3, -0.25) is 4.79 Å². The molecule has 0 radical (unpaired) electrons. The van der Waals surface area contributed by atoms with Crippen LogP contribution in [0, 0.1) is 12.8 Å². The van der Waals surface area contributed by atoms with Crippen molar-refractivity contribution in [1.29, 1.82) is 0 Å². The van der Waals surface area contributed by atoms with Crippen LogP contribution >= 0.6 is 23.2 Å². The predicted molar refractivity (Wildman–Crippen MR) is 78.3 cm³/mol. The summed E-state index contributed by atoms with van der Waals surface area (Å²) in [7, 11) is 0. The number of esters is 1. The molecule has 0 bridgehead atoms. The van der Waals surface area contributed by atoms with Crippen LogP contribution in [-0.2, 0) is 9.53 Å². The molecule has 0 saturated heterocycles. The summed E-state index contributed by atoms with van der Waals surface area (Å²) < 4.78 is 4.44. The second-order valence-corrected chi connectivity index (χ2v) is 6.48. The molecule has 2 rings (SSSR count). The van der Waals surface area contributed by atoms with Gasteiger partial charge in [-0.05, 0) is 25.0 Å². The number of rotatable bonds is 4. The van der Waals surface area contributed by atoms with Gasteiger partial charge in [0.15, 0.2) is 0 Å². The van der Waals surface area contributed by atoms with E-state index in [9.17, 15) is 9.59 Å². The Balaban J connectivity index is 2.09. The van der Waals surface area contributed by atoms with Crippen LogP contribution in [0.25, 0.3) is 0 Å². The summed E-state index contributed by atoms with van der Waals surface area (Å²) in [5.74, 6) is -0.756. The van der Waals surface area contributed by atoms with Crippen molar-refractivity contribution in [1.82, 2.24) is 0 Å². The molecule has 6 heteroatoms. The molecule has 108 valence electrons. The number of alkyl halides is 2. The van der Waals surface area contributed by atoms with Crippen LogP contribution in [0.15, 0.2) is 18.2 Å². The summed E-state index contributed by atoms with van der Waals surface area (Å²) >= 11 is 11.8. The topological polar surface area (TPSA) is 55.4 Å². The minimum Gasteiger partial charge on any atom is -0.462 e. The van der Waals surface area contributed by atoms with Gasteiger partial charge in [0.1, 0.15) is 4.33 Å². The minimum atomic E-state index is -0.770. The van der Waals surface area contributed by atoms with Gasteiger partial charge in [-0.1, -0.05) is 12.1 Å². The first-order chi connectivity index (χ1) is 9.31. The lowest BCUT2D eigenvalue weighted by Crippen LogP contribution is -2.15. The van der Waals surface area contributed by atoms with E-state index in [0.29, 0.717) is 17.7 Å². The van der Waals surface area contributed by atoms with Gasteiger partial charge in [0.2, 0.25) is 5.91 Å². The van der Waals surface area contributed by atoms with Crippen LogP contribution in [0.4, 0.5) is 5.69 Å². The highest BCUT2D eigenvalue weighted by Gasteiger charge is 2.52. The summed E-state index contributed by atoms with van der Waals surface area (Å²) in [4.78, 5) is 23.3. The number of para-hydroxylation sites is 1. The first-order valence-corrected chi connectivity index (χ1v) is 6.99. The molecular weight excluding hydrogens is 301 g/mol. The molecule has 0 aromatic heterocycles. The van der Waals surface area contributed by atoms with Gasteiger partial charge in [-0.2, -0.15) is 0 Å². The van der Waals surface area contributed by atoms with E-state index in [4.69, 9.17) is 27.9 Å². The molecular formula is C14H15Cl2NO3. The summed E-state index contributed by atoms with van der Waals surface area (Å²) in [5, 5.41) is 2.65. The van der Waals surface area contributed by atoms with Crippen molar-refractivity contribution in [2.75, 3.05) is 11.9 Å². The second kappa shape index (κ2) is 5.62. The van der Waals surface area contributed by atoms with Crippen LogP contribution < -0.4 is 5.32 Å². The number of amides is 1. The molecule has 0 spiro atoms. The molecule has 1 aliphatic rings. The molecule has 1 N–H and O–H groups in total. The lowest BCUT2D eigenvalue weighted by Gasteiger charge is -2.12. The van der Waals surface area contributed by atoms with Crippen LogP contribution in [-0.4, -0.2) is 22.8 Å². The second-order valence-electron chi connectivity index (χ2n) is 4.94. The smallest absolute Gasteiger partial charge is 0.340 e. The van der Waals surface area contributed by atoms with E-state index in [-0.39, 0.29) is 18.4 Å². The van der Waals surface area contributed by atoms with Crippen LogP contribution in [0.2, 0.25) is 0 Å². The van der Waals surface area contributed by atoms with E-state index >= 15 is 0 Å². The third-order valence-corrected chi connectivity index (χ3v) is 4.09. The molecule has 0 aliphatic heterocycles. The van der Waals surface area contributed by atoms with Gasteiger partial charge in [-0.15, -0.1) is 23.2 Å². The Bertz CT molecular complexity index is 557. The van der Waals surface area contributed by atoms with Crippen molar-refractivity contribution < 1.29 is 14.3 Å². The number of carbonyl (C=O) groups excluding carboxylic acids is 2. The third kappa shape index (κ3) is 3.44. The fourth-order valence-corrected chi connectivity index (χ4v) is 2.38. The lowest BCUT2D eigenvalue weighted by molar-refractivity contribution is -0.114. The third-order valence-electron chi connectivity index (χ3n) is 3.17. The standard InChI is InChI=1S/C14H15Cl2NO3/c1-8-4-3-5-11(12(8)17-9(2)18)13(19)20-7-10-6-14(10,15)16/h3-5,10H,6-7H2,1-2H3,(H,17,18). The largest absolute Gasteiger partial charge is 0.462 e. The Labute approximate surface area is 127 Å². The summed E-state index contributed by atoms with van der Waals surface area (Å²) in [5.41, 5.74) is 1.60. The molecule has 0 heterocycles. The van der Waals surface area contributed by atoms with E-state index in [1.165, 1.54) is 6.92 Å². The number of hydrogen-bond acceptors (Lipinski definition) is 3. The summed E-state index contributed by atoms with van der Waals surface area (Å²) in [6, 6.07) is 5.16. The van der Waals surface area contributed by atoms with Gasteiger partial charge in [0.25, 0.3) is 0 Å².